The predicted octanol–water partition coefficient (Wildman–Crippen LogP) is 2.83. The minimum absolute atomic E-state index is 0. The number of nitrogens with one attached hydrogen (secondary N) is 2. The van der Waals surface area contributed by atoms with Crippen LogP contribution in [0, 0.1) is 5.92 Å². The zero-order valence-electron chi connectivity index (χ0n) is 13.7. The summed E-state index contributed by atoms with van der Waals surface area (Å²) in [5.74, 6) is 1.86. The fourth-order valence-electron chi connectivity index (χ4n) is 3.00. The van der Waals surface area contributed by atoms with Crippen molar-refractivity contribution in [2.24, 2.45) is 10.9 Å². The third kappa shape index (κ3) is 7.17. The predicted molar refractivity (Wildman–Crippen MR) is 102 cm³/mol. The third-order valence-corrected chi connectivity index (χ3v) is 4.46. The molecule has 0 spiro atoms. The highest BCUT2D eigenvalue weighted by molar-refractivity contribution is 14.0. The lowest BCUT2D eigenvalue weighted by Crippen LogP contribution is -2.46. The van der Waals surface area contributed by atoms with Gasteiger partial charge in [0.15, 0.2) is 5.96 Å². The molecule has 2 fully saturated rings. The zero-order valence-corrected chi connectivity index (χ0v) is 16.1. The van der Waals surface area contributed by atoms with Crippen molar-refractivity contribution in [3.63, 3.8) is 0 Å². The van der Waals surface area contributed by atoms with Gasteiger partial charge in [0.1, 0.15) is 0 Å². The average Bonchev–Trinajstić information content (AvgIpc) is 3.29. The van der Waals surface area contributed by atoms with Crippen LogP contribution in [-0.2, 0) is 0 Å². The van der Waals surface area contributed by atoms with Gasteiger partial charge >= 0.3 is 0 Å². The van der Waals surface area contributed by atoms with Crippen LogP contribution in [0.5, 0.6) is 0 Å². The summed E-state index contributed by atoms with van der Waals surface area (Å²) in [6.45, 7) is 9.81. The monoisotopic (exact) mass is 408 g/mol. The lowest BCUT2D eigenvalue weighted by atomic mass is 10.0. The van der Waals surface area contributed by atoms with E-state index in [2.05, 4.69) is 34.4 Å². The van der Waals surface area contributed by atoms with Gasteiger partial charge in [0, 0.05) is 32.2 Å². The smallest absolute Gasteiger partial charge is 0.191 e. The molecule has 5 heteroatoms. The second-order valence-corrected chi connectivity index (χ2v) is 6.18. The Balaban J connectivity index is 0.00000220. The lowest BCUT2D eigenvalue weighted by molar-refractivity contribution is 0.147. The van der Waals surface area contributed by atoms with E-state index in [0.717, 1.165) is 44.1 Å². The molecule has 4 nitrogen and oxygen atoms in total. The second kappa shape index (κ2) is 10.6. The van der Waals surface area contributed by atoms with Gasteiger partial charge in [-0.3, -0.25) is 9.89 Å². The van der Waals surface area contributed by atoms with Gasteiger partial charge in [0.05, 0.1) is 0 Å². The Hall–Kier alpha value is -0.0400. The van der Waals surface area contributed by atoms with Gasteiger partial charge in [0.25, 0.3) is 0 Å². The molecule has 1 atom stereocenters. The molecule has 0 amide bonds. The quantitative estimate of drug-likeness (QED) is 0.387. The first-order chi connectivity index (χ1) is 9.83. The topological polar surface area (TPSA) is 39.7 Å². The van der Waals surface area contributed by atoms with Crippen LogP contribution in [0.25, 0.3) is 0 Å². The molecule has 1 saturated carbocycles. The van der Waals surface area contributed by atoms with E-state index in [0.29, 0.717) is 0 Å². The van der Waals surface area contributed by atoms with E-state index in [1.54, 1.807) is 0 Å². The van der Waals surface area contributed by atoms with Gasteiger partial charge in [-0.2, -0.15) is 0 Å². The highest BCUT2D eigenvalue weighted by atomic mass is 127. The minimum Gasteiger partial charge on any atom is -0.357 e. The normalized spacial score (nSPS) is 23.5. The van der Waals surface area contributed by atoms with Crippen molar-refractivity contribution in [1.29, 1.82) is 0 Å². The van der Waals surface area contributed by atoms with E-state index in [4.69, 9.17) is 0 Å². The van der Waals surface area contributed by atoms with Crippen molar-refractivity contribution in [3.05, 3.63) is 0 Å². The highest BCUT2D eigenvalue weighted by Crippen LogP contribution is 2.28. The van der Waals surface area contributed by atoms with Crippen LogP contribution < -0.4 is 10.6 Å². The minimum atomic E-state index is 0. The Kier molecular flexibility index (Phi) is 9.64. The molecule has 0 aromatic rings. The van der Waals surface area contributed by atoms with Gasteiger partial charge in [-0.15, -0.1) is 24.0 Å². The molecule has 0 radical (unpaired) electrons. The molecule has 0 aromatic carbocycles. The summed E-state index contributed by atoms with van der Waals surface area (Å²) < 4.78 is 0. The Bertz CT molecular complexity index is 305. The van der Waals surface area contributed by atoms with Crippen molar-refractivity contribution in [3.8, 4) is 0 Å². The molecular weight excluding hydrogens is 375 g/mol. The van der Waals surface area contributed by atoms with Crippen LogP contribution in [-0.4, -0.2) is 49.6 Å². The number of aliphatic imine (C=N–C) groups is 1. The van der Waals surface area contributed by atoms with Gasteiger partial charge in [0.2, 0.25) is 0 Å². The number of hydrogen-bond donors (Lipinski definition) is 2. The van der Waals surface area contributed by atoms with E-state index in [9.17, 15) is 0 Å². The molecule has 2 N–H and O–H groups in total. The Morgan fingerprint density at radius 1 is 1.14 bits per heavy atom. The first-order valence-electron chi connectivity index (χ1n) is 8.59. The molecule has 21 heavy (non-hydrogen) atoms. The van der Waals surface area contributed by atoms with Crippen molar-refractivity contribution >= 4 is 29.9 Å². The SMILES string of the molecule is CCNC(=NCC1CC1)NCCN1CCCCC1CC.I. The molecule has 2 aliphatic rings. The molecule has 124 valence electrons. The maximum absolute atomic E-state index is 4.67. The number of halogens is 1. The summed E-state index contributed by atoms with van der Waals surface area (Å²) in [7, 11) is 0. The molecule has 1 aliphatic heterocycles. The van der Waals surface area contributed by atoms with Crippen molar-refractivity contribution in [2.45, 2.75) is 58.4 Å². The first-order valence-corrected chi connectivity index (χ1v) is 8.59. The Morgan fingerprint density at radius 2 is 1.95 bits per heavy atom. The molecule has 1 saturated heterocycles. The summed E-state index contributed by atoms with van der Waals surface area (Å²) >= 11 is 0. The average molecular weight is 408 g/mol. The molecule has 1 heterocycles. The summed E-state index contributed by atoms with van der Waals surface area (Å²) in [5.41, 5.74) is 0. The summed E-state index contributed by atoms with van der Waals surface area (Å²) in [4.78, 5) is 7.33. The van der Waals surface area contributed by atoms with Crippen LogP contribution >= 0.6 is 24.0 Å². The van der Waals surface area contributed by atoms with Crippen LogP contribution in [0.2, 0.25) is 0 Å². The Labute approximate surface area is 147 Å². The first kappa shape index (κ1) is 19.0. The van der Waals surface area contributed by atoms with Crippen molar-refractivity contribution < 1.29 is 0 Å². The van der Waals surface area contributed by atoms with Crippen LogP contribution in [0.15, 0.2) is 4.99 Å². The summed E-state index contributed by atoms with van der Waals surface area (Å²) in [6, 6.07) is 0.802. The number of likely N-dealkylation sites (tertiary alicyclic amines) is 1. The second-order valence-electron chi connectivity index (χ2n) is 6.18. The van der Waals surface area contributed by atoms with Gasteiger partial charge < -0.3 is 10.6 Å². The van der Waals surface area contributed by atoms with Crippen LogP contribution in [0.3, 0.4) is 0 Å². The van der Waals surface area contributed by atoms with E-state index in [-0.39, 0.29) is 24.0 Å². The lowest BCUT2D eigenvalue weighted by Gasteiger charge is -2.35. The van der Waals surface area contributed by atoms with E-state index in [1.807, 2.05) is 0 Å². The number of rotatable bonds is 7. The fourth-order valence-corrected chi connectivity index (χ4v) is 3.00. The number of guanidine groups is 1. The number of piperidine rings is 1. The Morgan fingerprint density at radius 3 is 2.62 bits per heavy atom. The summed E-state index contributed by atoms with van der Waals surface area (Å²) in [6.07, 6.45) is 8.19. The fraction of sp³-hybridized carbons (Fsp3) is 0.938. The molecule has 2 rings (SSSR count). The number of hydrogen-bond acceptors (Lipinski definition) is 2. The standard InChI is InChI=1S/C16H32N4.HI/c1-3-15-7-5-6-11-20(15)12-10-18-16(17-4-2)19-13-14-8-9-14;/h14-15H,3-13H2,1-2H3,(H2,17,18,19);1H. The maximum Gasteiger partial charge on any atom is 0.191 e. The van der Waals surface area contributed by atoms with Crippen molar-refractivity contribution in [1.82, 2.24) is 15.5 Å². The third-order valence-electron chi connectivity index (χ3n) is 4.46. The zero-order chi connectivity index (χ0) is 14.2. The van der Waals surface area contributed by atoms with Crippen LogP contribution in [0.4, 0.5) is 0 Å². The molecule has 0 bridgehead atoms. The van der Waals surface area contributed by atoms with E-state index < -0.39 is 0 Å². The summed E-state index contributed by atoms with van der Waals surface area (Å²) in [5, 5.41) is 6.84. The largest absolute Gasteiger partial charge is 0.357 e. The van der Waals surface area contributed by atoms with E-state index in [1.165, 1.54) is 45.1 Å². The van der Waals surface area contributed by atoms with E-state index >= 15 is 0 Å². The van der Waals surface area contributed by atoms with Gasteiger partial charge in [-0.05, 0) is 51.5 Å². The van der Waals surface area contributed by atoms with Gasteiger partial charge in [-0.25, -0.2) is 0 Å². The molecular formula is C16H33IN4. The maximum atomic E-state index is 4.67. The molecule has 1 unspecified atom stereocenters. The van der Waals surface area contributed by atoms with Gasteiger partial charge in [-0.1, -0.05) is 13.3 Å². The molecule has 1 aliphatic carbocycles. The van der Waals surface area contributed by atoms with Crippen molar-refractivity contribution in [2.75, 3.05) is 32.7 Å². The number of nitrogens with zero attached hydrogens (tertiary/aromatic N) is 2. The molecule has 0 aromatic heterocycles. The highest BCUT2D eigenvalue weighted by Gasteiger charge is 2.21. The van der Waals surface area contributed by atoms with Crippen LogP contribution in [0.1, 0.15) is 52.4 Å².